The van der Waals surface area contributed by atoms with Crippen molar-refractivity contribution >= 4 is 5.91 Å². The lowest BCUT2D eigenvalue weighted by atomic mass is 9.42. The highest BCUT2D eigenvalue weighted by atomic mass is 16.5. The summed E-state index contributed by atoms with van der Waals surface area (Å²) in [7, 11) is 0. The molecule has 1 aromatic carbocycles. The van der Waals surface area contributed by atoms with E-state index in [1.165, 1.54) is 6.42 Å². The van der Waals surface area contributed by atoms with E-state index in [1.807, 2.05) is 31.2 Å². The maximum absolute atomic E-state index is 13.1. The monoisotopic (exact) mass is 357 g/mol. The van der Waals surface area contributed by atoms with Crippen LogP contribution in [0.15, 0.2) is 24.3 Å². The van der Waals surface area contributed by atoms with Gasteiger partial charge in [-0.1, -0.05) is 31.5 Å². The van der Waals surface area contributed by atoms with Crippen molar-refractivity contribution in [3.63, 3.8) is 0 Å². The van der Waals surface area contributed by atoms with Crippen LogP contribution in [0, 0.1) is 23.7 Å². The van der Waals surface area contributed by atoms with E-state index >= 15 is 0 Å². The van der Waals surface area contributed by atoms with Gasteiger partial charge in [0.05, 0.1) is 17.6 Å². The number of carbonyl (C=O) groups excluding carboxylic acids is 1. The van der Waals surface area contributed by atoms with Gasteiger partial charge in [-0.2, -0.15) is 0 Å². The second-order valence-corrected chi connectivity index (χ2v) is 9.24. The van der Waals surface area contributed by atoms with E-state index in [0.29, 0.717) is 25.5 Å². The average Bonchev–Trinajstić information content (AvgIpc) is 2.58. The van der Waals surface area contributed by atoms with E-state index in [0.717, 1.165) is 43.4 Å². The van der Waals surface area contributed by atoms with Crippen molar-refractivity contribution in [2.45, 2.75) is 64.4 Å². The first-order valence-corrected chi connectivity index (χ1v) is 10.1. The van der Waals surface area contributed by atoms with Crippen LogP contribution in [0.2, 0.25) is 0 Å². The number of nitrogens with one attached hydrogen (secondary N) is 1. The van der Waals surface area contributed by atoms with Gasteiger partial charge in [-0.3, -0.25) is 4.79 Å². The lowest BCUT2D eigenvalue weighted by Gasteiger charge is -2.64. The summed E-state index contributed by atoms with van der Waals surface area (Å²) in [5.74, 6) is 1.51. The first kappa shape index (κ1) is 17.8. The normalized spacial score (nSPS) is 37.6. The van der Waals surface area contributed by atoms with Crippen LogP contribution in [-0.2, 0) is 4.79 Å². The summed E-state index contributed by atoms with van der Waals surface area (Å²) in [6.45, 7) is 5.23. The molecule has 142 valence electrons. The summed E-state index contributed by atoms with van der Waals surface area (Å²) in [6.07, 6.45) is 6.57. The molecule has 0 radical (unpaired) electrons. The molecule has 5 rings (SSSR count). The molecule has 1 amide bonds. The van der Waals surface area contributed by atoms with E-state index in [9.17, 15) is 9.90 Å². The van der Waals surface area contributed by atoms with Crippen LogP contribution in [0.3, 0.4) is 0 Å². The van der Waals surface area contributed by atoms with E-state index < -0.39 is 5.60 Å². The van der Waals surface area contributed by atoms with Crippen LogP contribution in [0.25, 0.3) is 0 Å². The Labute approximate surface area is 156 Å². The Morgan fingerprint density at radius 1 is 1.23 bits per heavy atom. The molecule has 4 unspecified atom stereocenters. The largest absolute Gasteiger partial charge is 0.491 e. The summed E-state index contributed by atoms with van der Waals surface area (Å²) >= 11 is 0. The number of ether oxygens (including phenoxy) is 1. The molecule has 0 spiro atoms. The lowest BCUT2D eigenvalue weighted by Crippen LogP contribution is -2.63. The molecule has 0 aromatic heterocycles. The third-order valence-corrected chi connectivity index (χ3v) is 7.13. The Hall–Kier alpha value is -1.55. The molecule has 26 heavy (non-hydrogen) atoms. The Kier molecular flexibility index (Phi) is 4.30. The zero-order valence-corrected chi connectivity index (χ0v) is 16.0. The minimum Gasteiger partial charge on any atom is -0.491 e. The predicted octanol–water partition coefficient (Wildman–Crippen LogP) is 3.60. The predicted molar refractivity (Wildman–Crippen MR) is 101 cm³/mol. The second kappa shape index (κ2) is 6.26. The number of aryl methyl sites for hydroxylation is 1. The minimum absolute atomic E-state index is 0.131. The number of carbonyl (C=O) groups is 1. The molecule has 4 bridgehead atoms. The molecule has 4 nitrogen and oxygen atoms in total. The van der Waals surface area contributed by atoms with Gasteiger partial charge in [0.15, 0.2) is 0 Å². The number of amides is 1. The molecule has 4 saturated carbocycles. The van der Waals surface area contributed by atoms with Crippen molar-refractivity contribution in [1.29, 1.82) is 0 Å². The smallest absolute Gasteiger partial charge is 0.226 e. The first-order valence-electron chi connectivity index (χ1n) is 10.1. The molecule has 4 aliphatic carbocycles. The summed E-state index contributed by atoms with van der Waals surface area (Å²) in [4.78, 5) is 13.1. The molecule has 4 atom stereocenters. The maximum Gasteiger partial charge on any atom is 0.226 e. The molecule has 4 fully saturated rings. The molecule has 0 aliphatic heterocycles. The maximum atomic E-state index is 13.1. The van der Waals surface area contributed by atoms with Crippen molar-refractivity contribution in [2.24, 2.45) is 16.7 Å². The second-order valence-electron chi connectivity index (χ2n) is 9.24. The molecule has 4 heteroatoms. The lowest BCUT2D eigenvalue weighted by molar-refractivity contribution is -0.204. The van der Waals surface area contributed by atoms with Crippen LogP contribution in [0.5, 0.6) is 5.75 Å². The number of para-hydroxylation sites is 1. The van der Waals surface area contributed by atoms with Crippen molar-refractivity contribution < 1.29 is 14.6 Å². The third-order valence-electron chi connectivity index (χ3n) is 7.13. The van der Waals surface area contributed by atoms with Crippen LogP contribution in [0.1, 0.15) is 57.4 Å². The van der Waals surface area contributed by atoms with Gasteiger partial charge in [0.1, 0.15) is 12.4 Å². The average molecular weight is 357 g/mol. The molecular formula is C22H31NO3. The Morgan fingerprint density at radius 2 is 2.04 bits per heavy atom. The first-order chi connectivity index (χ1) is 12.4. The summed E-state index contributed by atoms with van der Waals surface area (Å²) in [5.41, 5.74) is 0.285. The third kappa shape index (κ3) is 3.02. The zero-order valence-electron chi connectivity index (χ0n) is 16.0. The molecule has 0 heterocycles. The number of aliphatic hydroxyl groups is 1. The van der Waals surface area contributed by atoms with Gasteiger partial charge in [0, 0.05) is 0 Å². The minimum atomic E-state index is -0.621. The van der Waals surface area contributed by atoms with Crippen molar-refractivity contribution in [1.82, 2.24) is 5.32 Å². The van der Waals surface area contributed by atoms with Crippen LogP contribution in [-0.4, -0.2) is 29.8 Å². The SMILES string of the molecule is CCC12CC3CC(O)(C1)CC(C(=O)NCCOc1ccccc1C)(C3)C2. The fourth-order valence-electron chi connectivity index (χ4n) is 6.46. The fourth-order valence-corrected chi connectivity index (χ4v) is 6.46. The Balaban J connectivity index is 1.38. The topological polar surface area (TPSA) is 58.6 Å². The molecule has 2 N–H and O–H groups in total. The molecular weight excluding hydrogens is 326 g/mol. The highest BCUT2D eigenvalue weighted by molar-refractivity contribution is 5.83. The highest BCUT2D eigenvalue weighted by Gasteiger charge is 2.64. The van der Waals surface area contributed by atoms with Gasteiger partial charge < -0.3 is 15.2 Å². The summed E-state index contributed by atoms with van der Waals surface area (Å²) < 4.78 is 5.80. The molecule has 0 saturated heterocycles. The van der Waals surface area contributed by atoms with Gasteiger partial charge in [0.25, 0.3) is 0 Å². The van der Waals surface area contributed by atoms with Crippen LogP contribution >= 0.6 is 0 Å². The number of hydrogen-bond donors (Lipinski definition) is 2. The van der Waals surface area contributed by atoms with Crippen molar-refractivity contribution in [2.75, 3.05) is 13.2 Å². The van der Waals surface area contributed by atoms with Crippen LogP contribution < -0.4 is 10.1 Å². The van der Waals surface area contributed by atoms with E-state index in [2.05, 4.69) is 12.2 Å². The Bertz CT molecular complexity index is 704. The van der Waals surface area contributed by atoms with Crippen molar-refractivity contribution in [3.05, 3.63) is 29.8 Å². The van der Waals surface area contributed by atoms with Crippen LogP contribution in [0.4, 0.5) is 0 Å². The number of hydrogen-bond acceptors (Lipinski definition) is 3. The molecule has 1 aromatic rings. The number of benzene rings is 1. The van der Waals surface area contributed by atoms with Gasteiger partial charge in [0.2, 0.25) is 5.91 Å². The quantitative estimate of drug-likeness (QED) is 0.765. The van der Waals surface area contributed by atoms with E-state index in [-0.39, 0.29) is 16.7 Å². The van der Waals surface area contributed by atoms with Gasteiger partial charge in [-0.05, 0) is 68.4 Å². The van der Waals surface area contributed by atoms with E-state index in [4.69, 9.17) is 4.74 Å². The van der Waals surface area contributed by atoms with Gasteiger partial charge in [-0.15, -0.1) is 0 Å². The number of rotatable bonds is 6. The highest BCUT2D eigenvalue weighted by Crippen LogP contribution is 2.67. The Morgan fingerprint density at radius 3 is 2.77 bits per heavy atom. The van der Waals surface area contributed by atoms with Gasteiger partial charge >= 0.3 is 0 Å². The van der Waals surface area contributed by atoms with Crippen molar-refractivity contribution in [3.8, 4) is 5.75 Å². The zero-order chi connectivity index (χ0) is 18.4. The molecule has 4 aliphatic rings. The fraction of sp³-hybridized carbons (Fsp3) is 0.682. The van der Waals surface area contributed by atoms with Gasteiger partial charge in [-0.25, -0.2) is 0 Å². The van der Waals surface area contributed by atoms with E-state index in [1.54, 1.807) is 0 Å². The summed E-state index contributed by atoms with van der Waals surface area (Å²) in [5, 5.41) is 14.2. The summed E-state index contributed by atoms with van der Waals surface area (Å²) in [6, 6.07) is 7.93. The standard InChI is InChI=1S/C22H31NO3/c1-3-20-10-17-11-21(13-20,15-22(25,12-17)14-20)19(24)23-8-9-26-18-7-5-4-6-16(18)2/h4-7,17,25H,3,8-15H2,1-2H3,(H,23,24).